The maximum Gasteiger partial charge on any atom is 0.259 e. The van der Waals surface area contributed by atoms with E-state index in [-0.39, 0.29) is 11.8 Å². The van der Waals surface area contributed by atoms with Crippen molar-refractivity contribution in [1.82, 2.24) is 5.32 Å². The van der Waals surface area contributed by atoms with Crippen LogP contribution in [0, 0.1) is 6.92 Å². The molecule has 0 aromatic heterocycles. The molecule has 1 aromatic rings. The summed E-state index contributed by atoms with van der Waals surface area (Å²) in [5.74, 6) is -0.729. The Hall–Kier alpha value is -1.16. The van der Waals surface area contributed by atoms with E-state index in [2.05, 4.69) is 21.2 Å². The van der Waals surface area contributed by atoms with Crippen molar-refractivity contribution in [2.45, 2.75) is 13.8 Å². The largest absolute Gasteiger partial charge is 0.293 e. The Morgan fingerprint density at radius 3 is 2.50 bits per heavy atom. The van der Waals surface area contributed by atoms with Crippen molar-refractivity contribution in [2.75, 3.05) is 0 Å². The minimum Gasteiger partial charge on any atom is -0.293 e. The summed E-state index contributed by atoms with van der Waals surface area (Å²) in [4.78, 5) is 22.2. The van der Waals surface area contributed by atoms with E-state index in [0.717, 1.165) is 5.56 Å². The summed E-state index contributed by atoms with van der Waals surface area (Å²) in [5, 5.41) is 2.23. The van der Waals surface area contributed by atoms with Gasteiger partial charge in [-0.05, 0) is 34.5 Å². The monoisotopic (exact) mass is 255 g/mol. The summed E-state index contributed by atoms with van der Waals surface area (Å²) >= 11 is 3.27. The lowest BCUT2D eigenvalue weighted by Crippen LogP contribution is -2.28. The molecule has 0 saturated heterocycles. The molecule has 14 heavy (non-hydrogen) atoms. The van der Waals surface area contributed by atoms with Crippen LogP contribution < -0.4 is 5.32 Å². The standard InChI is InChI=1S/C10H10BrNO2/c1-6-4-3-5-8(11)9(6)10(14)12-7(2)13/h3-5H,1-2H3,(H,12,13,14). The van der Waals surface area contributed by atoms with Gasteiger partial charge in [-0.15, -0.1) is 0 Å². The Kier molecular flexibility index (Phi) is 3.41. The lowest BCUT2D eigenvalue weighted by atomic mass is 10.1. The number of rotatable bonds is 1. The summed E-state index contributed by atoms with van der Waals surface area (Å²) in [5.41, 5.74) is 1.33. The van der Waals surface area contributed by atoms with Gasteiger partial charge in [0.1, 0.15) is 0 Å². The van der Waals surface area contributed by atoms with Crippen LogP contribution >= 0.6 is 15.9 Å². The smallest absolute Gasteiger partial charge is 0.259 e. The van der Waals surface area contributed by atoms with Gasteiger partial charge in [-0.25, -0.2) is 0 Å². The second-order valence-electron chi connectivity index (χ2n) is 2.94. The first-order valence-corrected chi connectivity index (χ1v) is 4.88. The molecule has 2 amide bonds. The van der Waals surface area contributed by atoms with E-state index in [1.165, 1.54) is 6.92 Å². The minimum absolute atomic E-state index is 0.356. The lowest BCUT2D eigenvalue weighted by molar-refractivity contribution is -0.118. The number of amides is 2. The fourth-order valence-electron chi connectivity index (χ4n) is 1.14. The van der Waals surface area contributed by atoms with Crippen LogP contribution in [0.15, 0.2) is 22.7 Å². The van der Waals surface area contributed by atoms with Gasteiger partial charge in [0.25, 0.3) is 5.91 Å². The number of benzene rings is 1. The van der Waals surface area contributed by atoms with Crippen LogP contribution in [0.1, 0.15) is 22.8 Å². The Morgan fingerprint density at radius 1 is 1.36 bits per heavy atom. The number of nitrogens with one attached hydrogen (secondary N) is 1. The van der Waals surface area contributed by atoms with Crippen molar-refractivity contribution in [2.24, 2.45) is 0 Å². The summed E-state index contributed by atoms with van der Waals surface area (Å²) in [6.07, 6.45) is 0. The third-order valence-corrected chi connectivity index (χ3v) is 2.40. The summed E-state index contributed by atoms with van der Waals surface area (Å²) in [7, 11) is 0. The fraction of sp³-hybridized carbons (Fsp3) is 0.200. The van der Waals surface area contributed by atoms with Crippen LogP contribution in [-0.2, 0) is 4.79 Å². The van der Waals surface area contributed by atoms with E-state index in [1.54, 1.807) is 6.07 Å². The second kappa shape index (κ2) is 4.37. The van der Waals surface area contributed by atoms with E-state index < -0.39 is 0 Å². The number of halogens is 1. The highest BCUT2D eigenvalue weighted by molar-refractivity contribution is 9.10. The van der Waals surface area contributed by atoms with Crippen molar-refractivity contribution < 1.29 is 9.59 Å². The minimum atomic E-state index is -0.373. The van der Waals surface area contributed by atoms with Crippen LogP contribution in [0.2, 0.25) is 0 Å². The number of carbonyl (C=O) groups is 2. The highest BCUT2D eigenvalue weighted by Crippen LogP contribution is 2.19. The third-order valence-electron chi connectivity index (χ3n) is 1.74. The van der Waals surface area contributed by atoms with Gasteiger partial charge >= 0.3 is 0 Å². The van der Waals surface area contributed by atoms with Crippen molar-refractivity contribution in [3.63, 3.8) is 0 Å². The Bertz CT molecular complexity index is 367. The molecule has 4 heteroatoms. The zero-order valence-electron chi connectivity index (χ0n) is 7.93. The number of imide groups is 1. The van der Waals surface area contributed by atoms with Gasteiger partial charge in [0.15, 0.2) is 0 Å². The lowest BCUT2D eigenvalue weighted by Gasteiger charge is -2.06. The first kappa shape index (κ1) is 10.9. The fourth-order valence-corrected chi connectivity index (χ4v) is 1.79. The number of hydrogen-bond donors (Lipinski definition) is 1. The van der Waals surface area contributed by atoms with E-state index in [4.69, 9.17) is 0 Å². The number of hydrogen-bond acceptors (Lipinski definition) is 2. The Balaban J connectivity index is 3.06. The molecule has 1 N–H and O–H groups in total. The van der Waals surface area contributed by atoms with Gasteiger partial charge < -0.3 is 0 Å². The molecule has 1 aromatic carbocycles. The topological polar surface area (TPSA) is 46.2 Å². The quantitative estimate of drug-likeness (QED) is 0.835. The summed E-state index contributed by atoms with van der Waals surface area (Å²) in [6.45, 7) is 3.13. The van der Waals surface area contributed by atoms with Gasteiger partial charge in [0, 0.05) is 11.4 Å². The van der Waals surface area contributed by atoms with Crippen LogP contribution in [-0.4, -0.2) is 11.8 Å². The zero-order valence-corrected chi connectivity index (χ0v) is 9.51. The summed E-state index contributed by atoms with van der Waals surface area (Å²) < 4.78 is 0.691. The molecule has 0 aliphatic carbocycles. The van der Waals surface area contributed by atoms with E-state index in [0.29, 0.717) is 10.0 Å². The molecule has 0 radical (unpaired) electrons. The molecule has 0 atom stereocenters. The SMILES string of the molecule is CC(=O)NC(=O)c1c(C)cccc1Br. The second-order valence-corrected chi connectivity index (χ2v) is 3.80. The van der Waals surface area contributed by atoms with Crippen LogP contribution in [0.5, 0.6) is 0 Å². The van der Waals surface area contributed by atoms with E-state index in [9.17, 15) is 9.59 Å². The first-order valence-electron chi connectivity index (χ1n) is 4.09. The van der Waals surface area contributed by atoms with Gasteiger partial charge in [0.2, 0.25) is 5.91 Å². The molecule has 0 bridgehead atoms. The Labute approximate surface area is 90.6 Å². The number of carbonyl (C=O) groups excluding carboxylic acids is 2. The van der Waals surface area contributed by atoms with Gasteiger partial charge in [0.05, 0.1) is 5.56 Å². The average Bonchev–Trinajstić information content (AvgIpc) is 2.01. The van der Waals surface area contributed by atoms with E-state index in [1.807, 2.05) is 19.1 Å². The van der Waals surface area contributed by atoms with Crippen molar-refractivity contribution in [3.8, 4) is 0 Å². The molecule has 1 rings (SSSR count). The maximum absolute atomic E-state index is 11.5. The number of aryl methyl sites for hydroxylation is 1. The third kappa shape index (κ3) is 2.42. The van der Waals surface area contributed by atoms with Crippen LogP contribution in [0.4, 0.5) is 0 Å². The molecule has 0 spiro atoms. The predicted molar refractivity (Wildman–Crippen MR) is 57.0 cm³/mol. The average molecular weight is 256 g/mol. The Morgan fingerprint density at radius 2 is 2.00 bits per heavy atom. The van der Waals surface area contributed by atoms with Crippen molar-refractivity contribution >= 4 is 27.7 Å². The molecule has 3 nitrogen and oxygen atoms in total. The first-order chi connectivity index (χ1) is 6.52. The molecule has 0 aliphatic rings. The zero-order chi connectivity index (χ0) is 10.7. The van der Waals surface area contributed by atoms with E-state index >= 15 is 0 Å². The van der Waals surface area contributed by atoms with Gasteiger partial charge in [-0.2, -0.15) is 0 Å². The van der Waals surface area contributed by atoms with Crippen molar-refractivity contribution in [3.05, 3.63) is 33.8 Å². The molecule has 0 aliphatic heterocycles. The molecule has 0 heterocycles. The maximum atomic E-state index is 11.5. The highest BCUT2D eigenvalue weighted by atomic mass is 79.9. The van der Waals surface area contributed by atoms with Crippen LogP contribution in [0.3, 0.4) is 0 Å². The summed E-state index contributed by atoms with van der Waals surface area (Å²) in [6, 6.07) is 5.42. The van der Waals surface area contributed by atoms with Gasteiger partial charge in [-0.1, -0.05) is 12.1 Å². The predicted octanol–water partition coefficient (Wildman–Crippen LogP) is 2.03. The molecule has 74 valence electrons. The molecule has 0 fully saturated rings. The molecular formula is C10H10BrNO2. The van der Waals surface area contributed by atoms with Gasteiger partial charge in [-0.3, -0.25) is 14.9 Å². The molecule has 0 unspecified atom stereocenters. The van der Waals surface area contributed by atoms with Crippen molar-refractivity contribution in [1.29, 1.82) is 0 Å². The van der Waals surface area contributed by atoms with Crippen LogP contribution in [0.25, 0.3) is 0 Å². The highest BCUT2D eigenvalue weighted by Gasteiger charge is 2.13. The molecule has 0 saturated carbocycles. The molecular weight excluding hydrogens is 246 g/mol. The normalized spacial score (nSPS) is 9.64.